The highest BCUT2D eigenvalue weighted by Crippen LogP contribution is 2.43. The number of para-hydroxylation sites is 4. The second-order valence-electron chi connectivity index (χ2n) is 7.47. The van der Waals surface area contributed by atoms with E-state index < -0.39 is 0 Å². The summed E-state index contributed by atoms with van der Waals surface area (Å²) in [5.41, 5.74) is 2.27. The Morgan fingerprint density at radius 1 is 0.556 bits per heavy atom. The number of nitrogens with one attached hydrogen (secondary N) is 2. The third-order valence-corrected chi connectivity index (χ3v) is 7.68. The van der Waals surface area contributed by atoms with Crippen molar-refractivity contribution in [3.63, 3.8) is 0 Å². The number of methoxy groups -OCH3 is 2. The predicted octanol–water partition coefficient (Wildman–Crippen LogP) is 7.01. The van der Waals surface area contributed by atoms with Crippen molar-refractivity contribution in [1.29, 1.82) is 0 Å². The second-order valence-corrected chi connectivity index (χ2v) is 9.68. The van der Waals surface area contributed by atoms with Crippen LogP contribution in [0.4, 0.5) is 11.4 Å². The molecule has 0 bridgehead atoms. The number of rotatable bonds is 9. The highest BCUT2D eigenvalue weighted by molar-refractivity contribution is 8.76. The molecule has 6 nitrogen and oxygen atoms in total. The van der Waals surface area contributed by atoms with Crippen molar-refractivity contribution in [2.24, 2.45) is 0 Å². The normalized spacial score (nSPS) is 10.4. The van der Waals surface area contributed by atoms with E-state index in [2.05, 4.69) is 10.6 Å². The molecule has 4 rings (SSSR count). The molecule has 0 radical (unpaired) electrons. The number of carbonyl (C=O) groups is 2. The summed E-state index contributed by atoms with van der Waals surface area (Å²) in [6, 6.07) is 29.3. The molecular formula is C28H24N2O4S2. The fourth-order valence-corrected chi connectivity index (χ4v) is 5.69. The van der Waals surface area contributed by atoms with Gasteiger partial charge in [-0.1, -0.05) is 70.1 Å². The summed E-state index contributed by atoms with van der Waals surface area (Å²) in [5, 5.41) is 5.96. The van der Waals surface area contributed by atoms with Gasteiger partial charge in [0.15, 0.2) is 0 Å². The average Bonchev–Trinajstić information content (AvgIpc) is 2.93. The van der Waals surface area contributed by atoms with E-state index in [-0.39, 0.29) is 11.8 Å². The second kappa shape index (κ2) is 12.2. The van der Waals surface area contributed by atoms with E-state index in [1.165, 1.54) is 35.8 Å². The molecule has 0 fully saturated rings. The van der Waals surface area contributed by atoms with Gasteiger partial charge in [0.25, 0.3) is 11.8 Å². The molecule has 0 atom stereocenters. The van der Waals surface area contributed by atoms with Crippen molar-refractivity contribution in [3.05, 3.63) is 108 Å². The highest BCUT2D eigenvalue weighted by atomic mass is 33.1. The van der Waals surface area contributed by atoms with Gasteiger partial charge in [-0.05, 0) is 48.5 Å². The van der Waals surface area contributed by atoms with Crippen LogP contribution in [0.5, 0.6) is 11.5 Å². The predicted molar refractivity (Wildman–Crippen MR) is 146 cm³/mol. The minimum absolute atomic E-state index is 0.255. The van der Waals surface area contributed by atoms with Crippen LogP contribution in [-0.2, 0) is 0 Å². The summed E-state index contributed by atoms with van der Waals surface area (Å²) in [6.45, 7) is 0. The first-order valence-corrected chi connectivity index (χ1v) is 13.2. The van der Waals surface area contributed by atoms with Crippen LogP contribution in [0.3, 0.4) is 0 Å². The Bertz CT molecular complexity index is 1270. The number of anilines is 2. The van der Waals surface area contributed by atoms with Crippen LogP contribution in [-0.4, -0.2) is 26.0 Å². The number of hydrogen-bond donors (Lipinski definition) is 2. The van der Waals surface area contributed by atoms with Crippen LogP contribution < -0.4 is 20.1 Å². The molecule has 4 aromatic carbocycles. The van der Waals surface area contributed by atoms with Crippen molar-refractivity contribution in [2.75, 3.05) is 24.9 Å². The SMILES string of the molecule is COc1ccccc1C(=O)Nc1ccccc1SSc1ccccc1NC(=O)c1ccccc1OC. The summed E-state index contributed by atoms with van der Waals surface area (Å²) in [6.07, 6.45) is 0. The molecule has 0 aliphatic rings. The summed E-state index contributed by atoms with van der Waals surface area (Å²) in [7, 11) is 6.05. The number of amides is 2. The van der Waals surface area contributed by atoms with E-state index in [0.29, 0.717) is 34.0 Å². The molecule has 4 aromatic rings. The Balaban J connectivity index is 1.49. The Hall–Kier alpha value is -3.88. The van der Waals surface area contributed by atoms with E-state index in [1.54, 1.807) is 36.4 Å². The van der Waals surface area contributed by atoms with Crippen molar-refractivity contribution in [2.45, 2.75) is 9.79 Å². The van der Waals surface area contributed by atoms with Crippen molar-refractivity contribution >= 4 is 44.8 Å². The molecule has 0 aliphatic heterocycles. The van der Waals surface area contributed by atoms with E-state index in [1.807, 2.05) is 60.7 Å². The zero-order valence-corrected chi connectivity index (χ0v) is 21.3. The molecule has 0 heterocycles. The number of hydrogen-bond acceptors (Lipinski definition) is 6. The van der Waals surface area contributed by atoms with Gasteiger partial charge in [0.05, 0.1) is 36.7 Å². The summed E-state index contributed by atoms with van der Waals surface area (Å²) in [5.74, 6) is 0.508. The van der Waals surface area contributed by atoms with Crippen LogP contribution in [0.2, 0.25) is 0 Å². The van der Waals surface area contributed by atoms with E-state index in [4.69, 9.17) is 9.47 Å². The maximum Gasteiger partial charge on any atom is 0.259 e. The monoisotopic (exact) mass is 516 g/mol. The number of benzene rings is 4. The summed E-state index contributed by atoms with van der Waals surface area (Å²) < 4.78 is 10.6. The molecule has 0 saturated carbocycles. The standard InChI is InChI=1S/C28H24N2O4S2/c1-33-23-15-7-3-11-19(23)27(31)29-21-13-5-9-17-25(21)35-36-26-18-10-6-14-22(26)30-28(32)20-12-4-8-16-24(20)34-2/h3-18H,1-2H3,(H,29,31)(H,30,32). The summed E-state index contributed by atoms with van der Waals surface area (Å²) in [4.78, 5) is 27.6. The van der Waals surface area contributed by atoms with E-state index in [9.17, 15) is 9.59 Å². The van der Waals surface area contributed by atoms with Gasteiger partial charge in [-0.2, -0.15) is 0 Å². The molecular weight excluding hydrogens is 492 g/mol. The van der Waals surface area contributed by atoms with Crippen molar-refractivity contribution < 1.29 is 19.1 Å². The Morgan fingerprint density at radius 3 is 1.33 bits per heavy atom. The lowest BCUT2D eigenvalue weighted by Gasteiger charge is -2.14. The molecule has 0 aromatic heterocycles. The maximum atomic E-state index is 12.9. The van der Waals surface area contributed by atoms with Crippen LogP contribution in [0.1, 0.15) is 20.7 Å². The van der Waals surface area contributed by atoms with Crippen LogP contribution in [0, 0.1) is 0 Å². The zero-order valence-electron chi connectivity index (χ0n) is 19.7. The van der Waals surface area contributed by atoms with Crippen LogP contribution in [0.25, 0.3) is 0 Å². The lowest BCUT2D eigenvalue weighted by molar-refractivity contribution is 0.101. The smallest absolute Gasteiger partial charge is 0.259 e. The third-order valence-electron chi connectivity index (χ3n) is 5.19. The van der Waals surface area contributed by atoms with E-state index in [0.717, 1.165) is 9.79 Å². The van der Waals surface area contributed by atoms with Crippen molar-refractivity contribution in [1.82, 2.24) is 0 Å². The zero-order chi connectivity index (χ0) is 25.3. The third kappa shape index (κ3) is 6.02. The Morgan fingerprint density at radius 2 is 0.917 bits per heavy atom. The Labute approximate surface area is 217 Å². The number of carbonyl (C=O) groups excluding carboxylic acids is 2. The van der Waals surface area contributed by atoms with Gasteiger partial charge in [-0.25, -0.2) is 0 Å². The van der Waals surface area contributed by atoms with Gasteiger partial charge in [0.1, 0.15) is 11.5 Å². The molecule has 36 heavy (non-hydrogen) atoms. The fraction of sp³-hybridized carbons (Fsp3) is 0.0714. The van der Waals surface area contributed by atoms with E-state index >= 15 is 0 Å². The molecule has 8 heteroatoms. The van der Waals surface area contributed by atoms with Gasteiger partial charge in [-0.3, -0.25) is 9.59 Å². The maximum absolute atomic E-state index is 12.9. The Kier molecular flexibility index (Phi) is 8.54. The first-order chi connectivity index (χ1) is 17.6. The fourth-order valence-electron chi connectivity index (χ4n) is 3.42. The molecule has 182 valence electrons. The van der Waals surface area contributed by atoms with Gasteiger partial charge < -0.3 is 20.1 Å². The molecule has 0 aliphatic carbocycles. The largest absolute Gasteiger partial charge is 0.496 e. The molecule has 2 amide bonds. The quantitative estimate of drug-likeness (QED) is 0.233. The van der Waals surface area contributed by atoms with Gasteiger partial charge in [-0.15, -0.1) is 0 Å². The van der Waals surface area contributed by atoms with Crippen LogP contribution >= 0.6 is 21.6 Å². The first kappa shape index (κ1) is 25.2. The first-order valence-electron chi connectivity index (χ1n) is 11.0. The minimum atomic E-state index is -0.255. The van der Waals surface area contributed by atoms with Crippen molar-refractivity contribution in [3.8, 4) is 11.5 Å². The lowest BCUT2D eigenvalue weighted by Crippen LogP contribution is -2.13. The number of ether oxygens (including phenoxy) is 2. The summed E-state index contributed by atoms with van der Waals surface area (Å²) >= 11 is 0. The highest BCUT2D eigenvalue weighted by Gasteiger charge is 2.16. The lowest BCUT2D eigenvalue weighted by atomic mass is 10.2. The molecule has 0 unspecified atom stereocenters. The minimum Gasteiger partial charge on any atom is -0.496 e. The average molecular weight is 517 g/mol. The molecule has 0 spiro atoms. The topological polar surface area (TPSA) is 76.7 Å². The van der Waals surface area contributed by atoms with Gasteiger partial charge >= 0.3 is 0 Å². The van der Waals surface area contributed by atoms with Gasteiger partial charge in [0, 0.05) is 9.79 Å². The van der Waals surface area contributed by atoms with Gasteiger partial charge in [0.2, 0.25) is 0 Å². The van der Waals surface area contributed by atoms with Crippen LogP contribution in [0.15, 0.2) is 107 Å². The molecule has 2 N–H and O–H groups in total. The molecule has 0 saturated heterocycles.